The van der Waals surface area contributed by atoms with E-state index in [9.17, 15) is 4.39 Å². The first-order valence-electron chi connectivity index (χ1n) is 6.17. The highest BCUT2D eigenvalue weighted by Gasteiger charge is 2.16. The van der Waals surface area contributed by atoms with Crippen LogP contribution < -0.4 is 5.73 Å². The molecular weight excluding hydrogens is 293 g/mol. The zero-order valence-corrected chi connectivity index (χ0v) is 11.8. The number of tetrazole rings is 1. The first kappa shape index (κ1) is 13.5. The molecule has 0 aliphatic rings. The van der Waals surface area contributed by atoms with Gasteiger partial charge >= 0.3 is 0 Å². The van der Waals surface area contributed by atoms with E-state index in [2.05, 4.69) is 15.5 Å². The fraction of sp³-hybridized carbons (Fsp3) is 0.0714. The Morgan fingerprint density at radius 1 is 1.24 bits per heavy atom. The second kappa shape index (κ2) is 5.14. The Balaban J connectivity index is 2.20. The van der Waals surface area contributed by atoms with Crippen LogP contribution in [-0.4, -0.2) is 20.2 Å². The molecule has 0 saturated heterocycles. The van der Waals surface area contributed by atoms with E-state index >= 15 is 0 Å². The minimum absolute atomic E-state index is 0.312. The van der Waals surface area contributed by atoms with Crippen molar-refractivity contribution >= 4 is 17.3 Å². The SMILES string of the molecule is Cc1cc(F)ccc1-n1nnnc1-c1cccc(N)c1Cl. The largest absolute Gasteiger partial charge is 0.398 e. The van der Waals surface area contributed by atoms with Crippen LogP contribution >= 0.6 is 11.6 Å². The van der Waals surface area contributed by atoms with Crippen molar-refractivity contribution in [3.05, 3.63) is 52.8 Å². The van der Waals surface area contributed by atoms with E-state index in [4.69, 9.17) is 17.3 Å². The van der Waals surface area contributed by atoms with Crippen molar-refractivity contribution in [2.24, 2.45) is 0 Å². The van der Waals surface area contributed by atoms with Gasteiger partial charge in [-0.3, -0.25) is 0 Å². The number of hydrogen-bond donors (Lipinski definition) is 1. The zero-order chi connectivity index (χ0) is 15.0. The molecule has 0 bridgehead atoms. The second-order valence-electron chi connectivity index (χ2n) is 4.55. The van der Waals surface area contributed by atoms with Gasteiger partial charge in [0.1, 0.15) is 5.82 Å². The number of aryl methyl sites for hydroxylation is 1. The van der Waals surface area contributed by atoms with Gasteiger partial charge in [-0.2, -0.15) is 4.68 Å². The van der Waals surface area contributed by atoms with Crippen LogP contribution in [0.25, 0.3) is 17.1 Å². The third-order valence-electron chi connectivity index (χ3n) is 3.13. The molecule has 0 amide bonds. The Kier molecular flexibility index (Phi) is 3.31. The van der Waals surface area contributed by atoms with E-state index in [1.165, 1.54) is 16.8 Å². The predicted molar refractivity (Wildman–Crippen MR) is 78.7 cm³/mol. The Morgan fingerprint density at radius 2 is 2.05 bits per heavy atom. The van der Waals surface area contributed by atoms with E-state index in [-0.39, 0.29) is 5.82 Å². The maximum absolute atomic E-state index is 13.2. The van der Waals surface area contributed by atoms with Crippen LogP contribution in [0.5, 0.6) is 0 Å². The summed E-state index contributed by atoms with van der Waals surface area (Å²) >= 11 is 6.22. The van der Waals surface area contributed by atoms with Crippen molar-refractivity contribution in [3.63, 3.8) is 0 Å². The van der Waals surface area contributed by atoms with Gasteiger partial charge in [-0.05, 0) is 53.2 Å². The summed E-state index contributed by atoms with van der Waals surface area (Å²) in [5, 5.41) is 12.0. The van der Waals surface area contributed by atoms with Crippen molar-refractivity contribution in [1.29, 1.82) is 0 Å². The summed E-state index contributed by atoms with van der Waals surface area (Å²) in [7, 11) is 0. The highest BCUT2D eigenvalue weighted by Crippen LogP contribution is 2.31. The van der Waals surface area contributed by atoms with Crippen LogP contribution in [0.1, 0.15) is 5.56 Å². The molecule has 0 aliphatic carbocycles. The molecule has 3 aromatic rings. The molecule has 0 atom stereocenters. The maximum Gasteiger partial charge on any atom is 0.188 e. The summed E-state index contributed by atoms with van der Waals surface area (Å²) in [6.07, 6.45) is 0. The zero-order valence-electron chi connectivity index (χ0n) is 11.1. The monoisotopic (exact) mass is 303 g/mol. The van der Waals surface area contributed by atoms with Gasteiger partial charge in [-0.25, -0.2) is 4.39 Å². The number of hydrogen-bond acceptors (Lipinski definition) is 4. The normalized spacial score (nSPS) is 10.8. The number of nitrogen functional groups attached to an aromatic ring is 1. The first-order valence-corrected chi connectivity index (χ1v) is 6.55. The van der Waals surface area contributed by atoms with Crippen molar-refractivity contribution in [2.45, 2.75) is 6.92 Å². The molecule has 21 heavy (non-hydrogen) atoms. The summed E-state index contributed by atoms with van der Waals surface area (Å²) in [5.74, 6) is 0.134. The molecule has 0 spiro atoms. The van der Waals surface area contributed by atoms with E-state index < -0.39 is 0 Å². The minimum atomic E-state index is -0.312. The van der Waals surface area contributed by atoms with Gasteiger partial charge in [0.05, 0.1) is 16.4 Å². The second-order valence-corrected chi connectivity index (χ2v) is 4.93. The number of rotatable bonds is 2. The third-order valence-corrected chi connectivity index (χ3v) is 3.55. The topological polar surface area (TPSA) is 69.6 Å². The lowest BCUT2D eigenvalue weighted by Gasteiger charge is -2.09. The molecule has 2 aromatic carbocycles. The lowest BCUT2D eigenvalue weighted by molar-refractivity contribution is 0.625. The highest BCUT2D eigenvalue weighted by atomic mass is 35.5. The number of nitrogens with zero attached hydrogens (tertiary/aromatic N) is 4. The summed E-state index contributed by atoms with van der Waals surface area (Å²) < 4.78 is 14.7. The molecule has 0 unspecified atom stereocenters. The smallest absolute Gasteiger partial charge is 0.188 e. The summed E-state index contributed by atoms with van der Waals surface area (Å²) in [6, 6.07) is 9.64. The van der Waals surface area contributed by atoms with Crippen LogP contribution in [0.3, 0.4) is 0 Å². The van der Waals surface area contributed by atoms with E-state index in [1.807, 2.05) is 0 Å². The Labute approximate surface area is 125 Å². The first-order chi connectivity index (χ1) is 10.1. The van der Waals surface area contributed by atoms with Gasteiger partial charge in [0.2, 0.25) is 0 Å². The van der Waals surface area contributed by atoms with E-state index in [0.29, 0.717) is 33.3 Å². The van der Waals surface area contributed by atoms with Gasteiger partial charge in [0, 0.05) is 5.56 Å². The van der Waals surface area contributed by atoms with E-state index in [1.54, 1.807) is 31.2 Å². The van der Waals surface area contributed by atoms with Crippen molar-refractivity contribution in [2.75, 3.05) is 5.73 Å². The fourth-order valence-corrected chi connectivity index (χ4v) is 2.31. The molecule has 7 heteroatoms. The summed E-state index contributed by atoms with van der Waals surface area (Å²) in [5.41, 5.74) is 8.25. The van der Waals surface area contributed by atoms with Crippen LogP contribution in [0.4, 0.5) is 10.1 Å². The number of anilines is 1. The van der Waals surface area contributed by atoms with E-state index in [0.717, 1.165) is 0 Å². The molecular formula is C14H11ClFN5. The van der Waals surface area contributed by atoms with Crippen molar-refractivity contribution in [1.82, 2.24) is 20.2 Å². The lowest BCUT2D eigenvalue weighted by Crippen LogP contribution is -2.03. The Hall–Kier alpha value is -2.47. The third kappa shape index (κ3) is 2.34. The standard InChI is InChI=1S/C14H11ClFN5/c1-8-7-9(16)5-6-12(8)21-14(18-19-20-21)10-3-2-4-11(17)13(10)15/h2-7H,17H2,1H3. The molecule has 0 fully saturated rings. The quantitative estimate of drug-likeness (QED) is 0.739. The van der Waals surface area contributed by atoms with Crippen LogP contribution in [-0.2, 0) is 0 Å². The molecule has 5 nitrogen and oxygen atoms in total. The fourth-order valence-electron chi connectivity index (χ4n) is 2.10. The Morgan fingerprint density at radius 3 is 2.81 bits per heavy atom. The maximum atomic E-state index is 13.2. The predicted octanol–water partition coefficient (Wildman–Crippen LogP) is 3.01. The minimum Gasteiger partial charge on any atom is -0.398 e. The molecule has 106 valence electrons. The molecule has 0 aliphatic heterocycles. The molecule has 0 radical (unpaired) electrons. The number of halogens is 2. The van der Waals surface area contributed by atoms with Gasteiger partial charge in [-0.15, -0.1) is 5.10 Å². The molecule has 3 rings (SSSR count). The molecule has 1 aromatic heterocycles. The van der Waals surface area contributed by atoms with Gasteiger partial charge in [-0.1, -0.05) is 17.7 Å². The molecule has 0 saturated carbocycles. The number of benzene rings is 2. The van der Waals surface area contributed by atoms with Crippen molar-refractivity contribution in [3.8, 4) is 17.1 Å². The lowest BCUT2D eigenvalue weighted by atomic mass is 10.1. The van der Waals surface area contributed by atoms with Gasteiger partial charge in [0.25, 0.3) is 0 Å². The highest BCUT2D eigenvalue weighted by molar-refractivity contribution is 6.35. The Bertz CT molecular complexity index is 815. The van der Waals surface area contributed by atoms with Crippen LogP contribution in [0.2, 0.25) is 5.02 Å². The van der Waals surface area contributed by atoms with Gasteiger partial charge < -0.3 is 5.73 Å². The molecule has 1 heterocycles. The number of aromatic nitrogens is 4. The summed E-state index contributed by atoms with van der Waals surface area (Å²) in [6.45, 7) is 1.78. The van der Waals surface area contributed by atoms with Crippen molar-refractivity contribution < 1.29 is 4.39 Å². The van der Waals surface area contributed by atoms with Gasteiger partial charge in [0.15, 0.2) is 5.82 Å². The summed E-state index contributed by atoms with van der Waals surface area (Å²) in [4.78, 5) is 0. The average Bonchev–Trinajstić information content (AvgIpc) is 2.91. The number of nitrogens with two attached hydrogens (primary N) is 1. The average molecular weight is 304 g/mol. The van der Waals surface area contributed by atoms with Crippen LogP contribution in [0.15, 0.2) is 36.4 Å². The molecule has 2 N–H and O–H groups in total. The van der Waals surface area contributed by atoms with Crippen LogP contribution in [0, 0.1) is 12.7 Å².